The van der Waals surface area contributed by atoms with Gasteiger partial charge in [-0.05, 0) is 42.9 Å². The summed E-state index contributed by atoms with van der Waals surface area (Å²) in [6.07, 6.45) is 1.13. The fourth-order valence-corrected chi connectivity index (χ4v) is 2.25. The monoisotopic (exact) mass is 190 g/mol. The molecule has 2 unspecified atom stereocenters. The highest BCUT2D eigenvalue weighted by atomic mass is 16.3. The second-order valence-electron chi connectivity index (χ2n) is 4.72. The van der Waals surface area contributed by atoms with E-state index >= 15 is 0 Å². The van der Waals surface area contributed by atoms with E-state index in [9.17, 15) is 5.11 Å². The zero-order valence-corrected chi connectivity index (χ0v) is 9.17. The highest BCUT2D eigenvalue weighted by molar-refractivity contribution is 5.39. The first-order valence-corrected chi connectivity index (χ1v) is 5.29. The number of benzene rings is 1. The minimum absolute atomic E-state index is 0.0818. The molecule has 1 heteroatoms. The van der Waals surface area contributed by atoms with Crippen LogP contribution in [0.1, 0.15) is 30.0 Å². The SMILES string of the molecule is Cc1ccc(C2(CO)CC2C)cc1C. The van der Waals surface area contributed by atoms with E-state index in [2.05, 4.69) is 39.0 Å². The van der Waals surface area contributed by atoms with Crippen molar-refractivity contribution in [3.8, 4) is 0 Å². The Morgan fingerprint density at radius 1 is 1.36 bits per heavy atom. The van der Waals surface area contributed by atoms with Crippen molar-refractivity contribution in [1.82, 2.24) is 0 Å². The van der Waals surface area contributed by atoms with Gasteiger partial charge in [-0.1, -0.05) is 25.1 Å². The first kappa shape index (κ1) is 9.72. The van der Waals surface area contributed by atoms with Crippen molar-refractivity contribution in [2.75, 3.05) is 6.61 Å². The summed E-state index contributed by atoms with van der Waals surface area (Å²) in [5.74, 6) is 0.634. The number of hydrogen-bond donors (Lipinski definition) is 1. The van der Waals surface area contributed by atoms with E-state index in [1.807, 2.05) is 0 Å². The van der Waals surface area contributed by atoms with Gasteiger partial charge in [0.25, 0.3) is 0 Å². The molecule has 0 spiro atoms. The van der Waals surface area contributed by atoms with Crippen LogP contribution in [-0.4, -0.2) is 11.7 Å². The molecular formula is C13H18O. The highest BCUT2D eigenvalue weighted by Gasteiger charge is 2.51. The Bertz CT molecular complexity index is 352. The summed E-state index contributed by atoms with van der Waals surface area (Å²) in [4.78, 5) is 0. The maximum atomic E-state index is 9.44. The number of rotatable bonds is 2. The van der Waals surface area contributed by atoms with Gasteiger partial charge in [-0.25, -0.2) is 0 Å². The second kappa shape index (κ2) is 3.09. The van der Waals surface area contributed by atoms with E-state index in [0.717, 1.165) is 6.42 Å². The van der Waals surface area contributed by atoms with Gasteiger partial charge >= 0.3 is 0 Å². The number of aliphatic hydroxyl groups excluding tert-OH is 1. The summed E-state index contributed by atoms with van der Waals surface area (Å²) in [6.45, 7) is 6.76. The van der Waals surface area contributed by atoms with Gasteiger partial charge in [-0.15, -0.1) is 0 Å². The lowest BCUT2D eigenvalue weighted by Crippen LogP contribution is -2.14. The quantitative estimate of drug-likeness (QED) is 0.760. The van der Waals surface area contributed by atoms with Crippen LogP contribution in [0.25, 0.3) is 0 Å². The Kier molecular flexibility index (Phi) is 2.15. The predicted octanol–water partition coefficient (Wildman–Crippen LogP) is 2.57. The van der Waals surface area contributed by atoms with Crippen LogP contribution in [0.5, 0.6) is 0 Å². The summed E-state index contributed by atoms with van der Waals surface area (Å²) >= 11 is 0. The van der Waals surface area contributed by atoms with Crippen LogP contribution in [0.2, 0.25) is 0 Å². The molecule has 1 aromatic carbocycles. The lowest BCUT2D eigenvalue weighted by molar-refractivity contribution is 0.247. The third kappa shape index (κ3) is 1.27. The van der Waals surface area contributed by atoms with Crippen molar-refractivity contribution in [2.45, 2.75) is 32.6 Å². The molecule has 2 atom stereocenters. The molecule has 0 amide bonds. The maximum Gasteiger partial charge on any atom is 0.0530 e. The number of aliphatic hydroxyl groups is 1. The van der Waals surface area contributed by atoms with Crippen LogP contribution in [-0.2, 0) is 5.41 Å². The van der Waals surface area contributed by atoms with Crippen LogP contribution >= 0.6 is 0 Å². The van der Waals surface area contributed by atoms with Gasteiger partial charge in [-0.2, -0.15) is 0 Å². The van der Waals surface area contributed by atoms with Gasteiger partial charge in [0.15, 0.2) is 0 Å². The molecule has 0 radical (unpaired) electrons. The van der Waals surface area contributed by atoms with Gasteiger partial charge in [0.1, 0.15) is 0 Å². The second-order valence-corrected chi connectivity index (χ2v) is 4.72. The predicted molar refractivity (Wildman–Crippen MR) is 58.5 cm³/mol. The molecule has 1 aliphatic rings. The minimum atomic E-state index is 0.0818. The third-order valence-electron chi connectivity index (χ3n) is 3.82. The lowest BCUT2D eigenvalue weighted by Gasteiger charge is -2.15. The van der Waals surface area contributed by atoms with Crippen LogP contribution in [0, 0.1) is 19.8 Å². The summed E-state index contributed by atoms with van der Waals surface area (Å²) in [6, 6.07) is 6.56. The van der Waals surface area contributed by atoms with E-state index in [-0.39, 0.29) is 12.0 Å². The van der Waals surface area contributed by atoms with Crippen molar-refractivity contribution < 1.29 is 5.11 Å². The normalized spacial score (nSPS) is 30.4. The Morgan fingerprint density at radius 3 is 2.43 bits per heavy atom. The molecular weight excluding hydrogens is 172 g/mol. The zero-order valence-electron chi connectivity index (χ0n) is 9.17. The zero-order chi connectivity index (χ0) is 10.3. The summed E-state index contributed by atoms with van der Waals surface area (Å²) in [5.41, 5.74) is 4.05. The summed E-state index contributed by atoms with van der Waals surface area (Å²) in [5, 5.41) is 9.44. The minimum Gasteiger partial charge on any atom is -0.395 e. The molecule has 1 aromatic rings. The molecule has 0 heterocycles. The Labute approximate surface area is 85.8 Å². The first-order valence-electron chi connectivity index (χ1n) is 5.29. The van der Waals surface area contributed by atoms with E-state index in [4.69, 9.17) is 0 Å². The van der Waals surface area contributed by atoms with Crippen LogP contribution < -0.4 is 0 Å². The molecule has 0 aliphatic heterocycles. The average Bonchev–Trinajstić information content (AvgIpc) is 2.83. The van der Waals surface area contributed by atoms with Crippen molar-refractivity contribution in [2.24, 2.45) is 5.92 Å². The average molecular weight is 190 g/mol. The molecule has 0 bridgehead atoms. The largest absolute Gasteiger partial charge is 0.395 e. The molecule has 14 heavy (non-hydrogen) atoms. The van der Waals surface area contributed by atoms with Gasteiger partial charge in [0.2, 0.25) is 0 Å². The van der Waals surface area contributed by atoms with Crippen molar-refractivity contribution in [1.29, 1.82) is 0 Å². The van der Waals surface area contributed by atoms with Crippen molar-refractivity contribution in [3.05, 3.63) is 34.9 Å². The third-order valence-corrected chi connectivity index (χ3v) is 3.82. The molecule has 0 saturated heterocycles. The fourth-order valence-electron chi connectivity index (χ4n) is 2.25. The standard InChI is InChI=1S/C13H18O/c1-9-4-5-12(6-10(9)2)13(8-14)7-11(13)3/h4-6,11,14H,7-8H2,1-3H3. The van der Waals surface area contributed by atoms with Gasteiger partial charge < -0.3 is 5.11 Å². The van der Waals surface area contributed by atoms with E-state index in [1.54, 1.807) is 0 Å². The molecule has 1 nitrogen and oxygen atoms in total. The van der Waals surface area contributed by atoms with Gasteiger partial charge in [0.05, 0.1) is 6.61 Å². The summed E-state index contributed by atoms with van der Waals surface area (Å²) < 4.78 is 0. The molecule has 0 aromatic heterocycles. The van der Waals surface area contributed by atoms with Gasteiger partial charge in [0, 0.05) is 5.41 Å². The fraction of sp³-hybridized carbons (Fsp3) is 0.538. The molecule has 1 fully saturated rings. The van der Waals surface area contributed by atoms with Gasteiger partial charge in [-0.3, -0.25) is 0 Å². The molecule has 1 N–H and O–H groups in total. The maximum absolute atomic E-state index is 9.44. The van der Waals surface area contributed by atoms with Crippen molar-refractivity contribution >= 4 is 0 Å². The van der Waals surface area contributed by atoms with Crippen LogP contribution in [0.3, 0.4) is 0 Å². The molecule has 1 saturated carbocycles. The summed E-state index contributed by atoms with van der Waals surface area (Å²) in [7, 11) is 0. The van der Waals surface area contributed by atoms with E-state index < -0.39 is 0 Å². The number of hydrogen-bond acceptors (Lipinski definition) is 1. The Morgan fingerprint density at radius 2 is 2.00 bits per heavy atom. The van der Waals surface area contributed by atoms with Crippen LogP contribution in [0.4, 0.5) is 0 Å². The smallest absolute Gasteiger partial charge is 0.0530 e. The van der Waals surface area contributed by atoms with E-state index in [0.29, 0.717) is 5.92 Å². The molecule has 2 rings (SSSR count). The van der Waals surface area contributed by atoms with Crippen molar-refractivity contribution in [3.63, 3.8) is 0 Å². The highest BCUT2D eigenvalue weighted by Crippen LogP contribution is 2.53. The topological polar surface area (TPSA) is 20.2 Å². The Balaban J connectivity index is 2.38. The Hall–Kier alpha value is -0.820. The molecule has 1 aliphatic carbocycles. The lowest BCUT2D eigenvalue weighted by atomic mass is 9.92. The molecule has 76 valence electrons. The van der Waals surface area contributed by atoms with Crippen LogP contribution in [0.15, 0.2) is 18.2 Å². The van der Waals surface area contributed by atoms with E-state index in [1.165, 1.54) is 16.7 Å². The first-order chi connectivity index (χ1) is 6.60. The number of aryl methyl sites for hydroxylation is 2.